The molecule has 0 aromatic heterocycles. The van der Waals surface area contributed by atoms with Crippen molar-refractivity contribution < 1.29 is 17.9 Å². The maximum Gasteiger partial charge on any atom is 0.573 e. The number of rotatable bonds is 2. The van der Waals surface area contributed by atoms with Crippen molar-refractivity contribution in [2.75, 3.05) is 5.73 Å². The first-order chi connectivity index (χ1) is 6.85. The van der Waals surface area contributed by atoms with Gasteiger partial charge in [-0.15, -0.1) is 13.2 Å². The third-order valence-corrected chi connectivity index (χ3v) is 2.89. The van der Waals surface area contributed by atoms with Crippen LogP contribution in [0.4, 0.5) is 18.9 Å². The molecule has 0 aliphatic heterocycles. The summed E-state index contributed by atoms with van der Waals surface area (Å²) in [4.78, 5) is 0. The van der Waals surface area contributed by atoms with Crippen LogP contribution in [0, 0.1) is 0 Å². The molecule has 7 heteroatoms. The third kappa shape index (κ3) is 3.27. The molecule has 1 rings (SSSR count). The van der Waals surface area contributed by atoms with Gasteiger partial charge >= 0.3 is 6.36 Å². The Balaban J connectivity index is 3.20. The molecule has 0 heterocycles. The lowest BCUT2D eigenvalue weighted by Crippen LogP contribution is -2.19. The largest absolute Gasteiger partial charge is 0.573 e. The smallest absolute Gasteiger partial charge is 0.403 e. The molecule has 0 aliphatic rings. The zero-order valence-corrected chi connectivity index (χ0v) is 10.4. The number of nitrogen functional groups attached to an aromatic ring is 1. The van der Waals surface area contributed by atoms with Crippen LogP contribution in [0.25, 0.3) is 0 Å². The normalized spacial score (nSPS) is 11.5. The van der Waals surface area contributed by atoms with Crippen molar-refractivity contribution >= 4 is 37.5 Å². The van der Waals surface area contributed by atoms with Crippen molar-refractivity contribution in [3.8, 4) is 5.75 Å². The minimum absolute atomic E-state index is 0.0509. The highest BCUT2D eigenvalue weighted by atomic mass is 79.9. The predicted octanol–water partition coefficient (Wildman–Crippen LogP) is 3.82. The van der Waals surface area contributed by atoms with Crippen molar-refractivity contribution in [1.82, 2.24) is 0 Å². The number of nitrogens with two attached hydrogens (primary N) is 1. The van der Waals surface area contributed by atoms with Crippen LogP contribution in [0.5, 0.6) is 5.75 Å². The fourth-order valence-corrected chi connectivity index (χ4v) is 2.37. The maximum absolute atomic E-state index is 12.1. The van der Waals surface area contributed by atoms with E-state index in [1.807, 2.05) is 0 Å². The molecule has 0 amide bonds. The van der Waals surface area contributed by atoms with Crippen LogP contribution < -0.4 is 10.5 Å². The van der Waals surface area contributed by atoms with Crippen LogP contribution in [0.2, 0.25) is 0 Å². The summed E-state index contributed by atoms with van der Waals surface area (Å²) in [5.74, 6) is -0.367. The molecule has 0 fully saturated rings. The van der Waals surface area contributed by atoms with E-state index in [0.717, 1.165) is 0 Å². The highest BCUT2D eigenvalue weighted by molar-refractivity contribution is 9.10. The minimum Gasteiger partial charge on any atom is -0.403 e. The fourth-order valence-electron chi connectivity index (χ4n) is 0.983. The lowest BCUT2D eigenvalue weighted by Gasteiger charge is -2.15. The van der Waals surface area contributed by atoms with Crippen LogP contribution in [0.1, 0.15) is 5.56 Å². The fraction of sp³-hybridized carbons (Fsp3) is 0.250. The Morgan fingerprint density at radius 3 is 2.40 bits per heavy atom. The molecule has 0 spiro atoms. The second-order valence-electron chi connectivity index (χ2n) is 2.63. The third-order valence-electron chi connectivity index (χ3n) is 1.59. The minimum atomic E-state index is -4.74. The highest BCUT2D eigenvalue weighted by Gasteiger charge is 2.33. The molecule has 0 saturated carbocycles. The van der Waals surface area contributed by atoms with E-state index in [2.05, 4.69) is 36.6 Å². The van der Waals surface area contributed by atoms with Crippen molar-refractivity contribution in [1.29, 1.82) is 0 Å². The number of alkyl halides is 4. The number of halogens is 5. The standard InChI is InChI=1S/C8H6Br2F3NO/c9-3-4-5(10)1-2-6(14)7(4)15-8(11,12)13/h1-2H,3,14H2. The molecule has 0 atom stereocenters. The Hall–Kier alpha value is -0.430. The van der Waals surface area contributed by atoms with Crippen molar-refractivity contribution in [3.63, 3.8) is 0 Å². The highest BCUT2D eigenvalue weighted by Crippen LogP contribution is 2.37. The van der Waals surface area contributed by atoms with Gasteiger partial charge in [-0.3, -0.25) is 0 Å². The number of ether oxygens (including phenoxy) is 1. The van der Waals surface area contributed by atoms with Gasteiger partial charge in [0.2, 0.25) is 0 Å². The second kappa shape index (κ2) is 4.61. The Labute approximate surface area is 101 Å². The Kier molecular flexibility index (Phi) is 3.88. The zero-order chi connectivity index (χ0) is 11.6. The average Bonchev–Trinajstić information content (AvgIpc) is 2.10. The van der Waals surface area contributed by atoms with Gasteiger partial charge in [-0.2, -0.15) is 0 Å². The van der Waals surface area contributed by atoms with Gasteiger partial charge in [0, 0.05) is 15.4 Å². The van der Waals surface area contributed by atoms with E-state index >= 15 is 0 Å². The van der Waals surface area contributed by atoms with Gasteiger partial charge < -0.3 is 10.5 Å². The Morgan fingerprint density at radius 2 is 1.93 bits per heavy atom. The summed E-state index contributed by atoms with van der Waals surface area (Å²) in [6, 6.07) is 2.91. The van der Waals surface area contributed by atoms with Crippen LogP contribution in [-0.4, -0.2) is 6.36 Å². The van der Waals surface area contributed by atoms with Crippen LogP contribution in [-0.2, 0) is 5.33 Å². The quantitative estimate of drug-likeness (QED) is 0.651. The molecular formula is C8H6Br2F3NO. The van der Waals surface area contributed by atoms with Gasteiger partial charge in [0.1, 0.15) is 0 Å². The van der Waals surface area contributed by atoms with Crippen LogP contribution in [0.3, 0.4) is 0 Å². The summed E-state index contributed by atoms with van der Waals surface area (Å²) in [6.45, 7) is 0. The first-order valence-electron chi connectivity index (χ1n) is 3.73. The molecule has 2 nitrogen and oxygen atoms in total. The predicted molar refractivity (Wildman–Crippen MR) is 57.9 cm³/mol. The average molecular weight is 349 g/mol. The summed E-state index contributed by atoms with van der Waals surface area (Å²) >= 11 is 6.18. The second-order valence-corrected chi connectivity index (χ2v) is 4.04. The molecule has 15 heavy (non-hydrogen) atoms. The first kappa shape index (κ1) is 12.6. The molecule has 0 radical (unpaired) electrons. The lowest BCUT2D eigenvalue weighted by atomic mass is 10.2. The summed E-state index contributed by atoms with van der Waals surface area (Å²) in [6.07, 6.45) is -4.74. The van der Waals surface area contributed by atoms with Gasteiger partial charge in [-0.1, -0.05) is 31.9 Å². The first-order valence-corrected chi connectivity index (χ1v) is 5.65. The summed E-state index contributed by atoms with van der Waals surface area (Å²) < 4.78 is 40.5. The number of hydrogen-bond donors (Lipinski definition) is 1. The van der Waals surface area contributed by atoms with Gasteiger partial charge in [-0.05, 0) is 12.1 Å². The summed E-state index contributed by atoms with van der Waals surface area (Å²) in [5.41, 5.74) is 5.68. The van der Waals surface area contributed by atoms with Gasteiger partial charge in [0.05, 0.1) is 5.69 Å². The van der Waals surface area contributed by atoms with E-state index in [1.165, 1.54) is 6.07 Å². The van der Waals surface area contributed by atoms with E-state index in [-0.39, 0.29) is 16.8 Å². The molecule has 0 unspecified atom stereocenters. The van der Waals surface area contributed by atoms with E-state index in [0.29, 0.717) is 10.0 Å². The number of hydrogen-bond acceptors (Lipinski definition) is 2. The van der Waals surface area contributed by atoms with Crippen molar-refractivity contribution in [2.45, 2.75) is 11.7 Å². The Bertz CT molecular complexity index is 368. The molecule has 0 aliphatic carbocycles. The van der Waals surface area contributed by atoms with Crippen LogP contribution in [0.15, 0.2) is 16.6 Å². The molecule has 0 bridgehead atoms. The topological polar surface area (TPSA) is 35.2 Å². The summed E-state index contributed by atoms with van der Waals surface area (Å²) in [5, 5.41) is 0.212. The van der Waals surface area contributed by atoms with Crippen molar-refractivity contribution in [2.24, 2.45) is 0 Å². The van der Waals surface area contributed by atoms with Gasteiger partial charge in [0.25, 0.3) is 0 Å². The van der Waals surface area contributed by atoms with E-state index in [1.54, 1.807) is 6.07 Å². The molecule has 84 valence electrons. The number of benzene rings is 1. The van der Waals surface area contributed by atoms with Gasteiger partial charge in [0.15, 0.2) is 5.75 Å². The van der Waals surface area contributed by atoms with Crippen LogP contribution >= 0.6 is 31.9 Å². The van der Waals surface area contributed by atoms with E-state index in [4.69, 9.17) is 5.73 Å². The molecule has 1 aromatic carbocycles. The monoisotopic (exact) mass is 347 g/mol. The Morgan fingerprint density at radius 1 is 1.33 bits per heavy atom. The molecule has 1 aromatic rings. The summed E-state index contributed by atoms with van der Waals surface area (Å²) in [7, 11) is 0. The van der Waals surface area contributed by atoms with Gasteiger partial charge in [-0.25, -0.2) is 0 Å². The lowest BCUT2D eigenvalue weighted by molar-refractivity contribution is -0.274. The molecule has 2 N–H and O–H groups in total. The van der Waals surface area contributed by atoms with Crippen molar-refractivity contribution in [3.05, 3.63) is 22.2 Å². The molecule has 0 saturated heterocycles. The van der Waals surface area contributed by atoms with E-state index in [9.17, 15) is 13.2 Å². The van der Waals surface area contributed by atoms with E-state index < -0.39 is 6.36 Å². The molecular weight excluding hydrogens is 343 g/mol. The SMILES string of the molecule is Nc1ccc(Br)c(CBr)c1OC(F)(F)F. The number of anilines is 1. The maximum atomic E-state index is 12.1. The zero-order valence-electron chi connectivity index (χ0n) is 7.24.